The number of para-hydroxylation sites is 1. The molecular weight excluding hydrogens is 1040 g/mol. The van der Waals surface area contributed by atoms with Gasteiger partial charge in [0, 0.05) is 95.5 Å². The van der Waals surface area contributed by atoms with E-state index in [9.17, 15) is 14.7 Å². The van der Waals surface area contributed by atoms with E-state index in [1.165, 1.54) is 65.0 Å². The van der Waals surface area contributed by atoms with E-state index in [1.54, 1.807) is 35.4 Å². The van der Waals surface area contributed by atoms with Crippen LogP contribution in [0.4, 0.5) is 0 Å². The van der Waals surface area contributed by atoms with Crippen molar-refractivity contribution >= 4 is 23.3 Å². The van der Waals surface area contributed by atoms with Crippen LogP contribution in [0, 0.1) is 17.3 Å². The van der Waals surface area contributed by atoms with E-state index in [0.717, 1.165) is 105 Å². The number of likely N-dealkylation sites (tertiary alicyclic amines) is 4. The number of ether oxygens (including phenoxy) is 1. The molecule has 5 fully saturated rings. The number of rotatable bonds is 23. The quantitative estimate of drug-likeness (QED) is 0.0329. The average molecular weight is 1140 g/mol. The molecule has 1 saturated carbocycles. The zero-order chi connectivity index (χ0) is 57.9. The summed E-state index contributed by atoms with van der Waals surface area (Å²) in [6, 6.07) is 20.5. The molecule has 0 bridgehead atoms. The Morgan fingerprint density at radius 3 is 2.31 bits per heavy atom. The lowest BCUT2D eigenvalue weighted by Gasteiger charge is -2.52. The van der Waals surface area contributed by atoms with Crippen molar-refractivity contribution in [2.24, 2.45) is 46.7 Å². The fraction of sp³-hybridized carbons (Fsp3) is 0.578. The summed E-state index contributed by atoms with van der Waals surface area (Å²) in [7, 11) is 1.92. The highest BCUT2D eigenvalue weighted by atomic mass is 16.6. The molecule has 9 N–H and O–H groups in total. The minimum Gasteiger partial charge on any atom is -0.507 e. The van der Waals surface area contributed by atoms with Crippen LogP contribution in [0.5, 0.6) is 11.6 Å². The van der Waals surface area contributed by atoms with E-state index in [1.807, 2.05) is 61.2 Å². The number of oxime groups is 1. The molecule has 2 amide bonds. The highest BCUT2D eigenvalue weighted by molar-refractivity contribution is 5.89. The number of pyridine rings is 1. The van der Waals surface area contributed by atoms with Gasteiger partial charge < -0.3 is 67.0 Å². The van der Waals surface area contributed by atoms with E-state index >= 15 is 0 Å². The van der Waals surface area contributed by atoms with Gasteiger partial charge in [-0.25, -0.2) is 4.98 Å². The van der Waals surface area contributed by atoms with Gasteiger partial charge in [-0.05, 0) is 175 Å². The van der Waals surface area contributed by atoms with Crippen molar-refractivity contribution in [1.29, 1.82) is 0 Å². The number of aromatic nitrogens is 3. The number of aryl methyl sites for hydroxylation is 1. The first-order chi connectivity index (χ1) is 40.3. The molecule has 10 rings (SSSR count). The number of phenols is 1. The minimum atomic E-state index is -0.474. The van der Waals surface area contributed by atoms with Crippen LogP contribution in [0.15, 0.2) is 102 Å². The Labute approximate surface area is 491 Å². The lowest BCUT2D eigenvalue weighted by atomic mass is 9.61. The number of nitrogens with two attached hydrogens (primary N) is 3. The Kier molecular flexibility index (Phi) is 19.8. The number of aromatic hydroxyl groups is 1. The molecule has 5 aliphatic heterocycles. The van der Waals surface area contributed by atoms with E-state index in [4.69, 9.17) is 26.8 Å². The fourth-order valence-electron chi connectivity index (χ4n) is 13.6. The zero-order valence-corrected chi connectivity index (χ0v) is 49.5. The molecule has 2 aromatic carbocycles. The summed E-state index contributed by atoms with van der Waals surface area (Å²) in [5, 5.41) is 26.0. The Bertz CT molecular complexity index is 2870. The van der Waals surface area contributed by atoms with E-state index in [-0.39, 0.29) is 48.1 Å². The molecule has 1 spiro atoms. The summed E-state index contributed by atoms with van der Waals surface area (Å²) in [6.45, 7) is 16.6. The minimum absolute atomic E-state index is 0.0370. The van der Waals surface area contributed by atoms with Crippen LogP contribution in [0.1, 0.15) is 126 Å². The summed E-state index contributed by atoms with van der Waals surface area (Å²) in [6.07, 6.45) is 19.2. The molecular formula is C64H92N14O5. The Hall–Kier alpha value is -6.83. The molecule has 1 aliphatic carbocycles. The number of nitrogens with zero attached hydrogens (tertiary/aromatic N) is 9. The number of phenolic OH excluding ortho intramolecular Hbond substituents is 1. The van der Waals surface area contributed by atoms with Crippen molar-refractivity contribution in [3.63, 3.8) is 0 Å². The predicted octanol–water partition coefficient (Wildman–Crippen LogP) is 6.87. The van der Waals surface area contributed by atoms with Gasteiger partial charge in [0.2, 0.25) is 17.7 Å². The van der Waals surface area contributed by atoms with Crippen molar-refractivity contribution in [2.75, 3.05) is 78.5 Å². The van der Waals surface area contributed by atoms with E-state index < -0.39 is 6.04 Å². The third-order valence-corrected chi connectivity index (χ3v) is 18.7. The monoisotopic (exact) mass is 1140 g/mol. The SMILES string of the molecule is CCCCNCCN(Cc1ccnc(OC2CC3(CCN(CC4CCN(CC5CCN(C6=NOC(CC(=O)N7CCCC7C(=O)NC(C)c7ccc(-c8ccnn8C)cc7)C6)CC5)CC4)CC3)C2)c1)C(/C=C(\N)c1ccccc1O)=C(N)N. The normalized spacial score (nSPS) is 21.3. The molecule has 2 aromatic heterocycles. The highest BCUT2D eigenvalue weighted by Crippen LogP contribution is 2.50. The number of piperidine rings is 3. The van der Waals surface area contributed by atoms with Gasteiger partial charge >= 0.3 is 0 Å². The molecule has 7 heterocycles. The van der Waals surface area contributed by atoms with Gasteiger partial charge in [-0.2, -0.15) is 5.10 Å². The highest BCUT2D eigenvalue weighted by Gasteiger charge is 2.47. The van der Waals surface area contributed by atoms with Crippen LogP contribution in [0.3, 0.4) is 0 Å². The first-order valence-corrected chi connectivity index (χ1v) is 31.0. The Balaban J connectivity index is 0.599. The second-order valence-corrected chi connectivity index (χ2v) is 24.7. The summed E-state index contributed by atoms with van der Waals surface area (Å²) >= 11 is 0. The van der Waals surface area contributed by atoms with Crippen LogP contribution in [0.2, 0.25) is 0 Å². The molecule has 6 aliphatic rings. The second-order valence-electron chi connectivity index (χ2n) is 24.7. The number of carbonyl (C=O) groups is 2. The summed E-state index contributed by atoms with van der Waals surface area (Å²) in [5.41, 5.74) is 25.2. The topological polar surface area (TPSA) is 234 Å². The van der Waals surface area contributed by atoms with Gasteiger partial charge in [-0.1, -0.05) is 54.9 Å². The fourth-order valence-corrected chi connectivity index (χ4v) is 13.6. The number of unbranched alkanes of at least 4 members (excludes halogenated alkanes) is 1. The van der Waals surface area contributed by atoms with Gasteiger partial charge in [-0.15, -0.1) is 0 Å². The Morgan fingerprint density at radius 1 is 0.892 bits per heavy atom. The molecule has 19 nitrogen and oxygen atoms in total. The molecule has 19 heteroatoms. The second kappa shape index (κ2) is 27.7. The number of nitrogens with one attached hydrogen (secondary N) is 2. The first kappa shape index (κ1) is 59.3. The van der Waals surface area contributed by atoms with Crippen molar-refractivity contribution < 1.29 is 24.3 Å². The number of allylic oxidation sites excluding steroid dienone is 1. The number of amidine groups is 1. The first-order valence-electron chi connectivity index (χ1n) is 31.0. The summed E-state index contributed by atoms with van der Waals surface area (Å²) in [4.78, 5) is 49.4. The largest absolute Gasteiger partial charge is 0.507 e. The molecule has 4 saturated heterocycles. The lowest BCUT2D eigenvalue weighted by molar-refractivity contribution is -0.140. The zero-order valence-electron chi connectivity index (χ0n) is 49.5. The standard InChI is InChI=1S/C64H92N14O5/c1-4-5-24-68-27-35-77(57(62(66)67)39-54(65)53-9-6-7-11-58(53)79)44-48-16-25-69-60(36-48)82-52-40-64(41-52)22-33-75(34-23-64)43-46-18-29-74(30-19-46)42-47-20-31-76(32-21-47)59-37-51(83-72-59)38-61(80)78-28-8-10-56(78)63(81)71-45(2)49-12-14-50(15-13-49)55-17-26-70-73(55)3/h6-7,9,11-17,25-26,36,39,45-47,51-52,56,68,79H,4-5,8,10,18-24,27-35,37-38,40-44,65-67H2,1-3H3,(H,71,81)/b54-39-. The van der Waals surface area contributed by atoms with Crippen molar-refractivity contribution in [2.45, 2.75) is 135 Å². The molecule has 448 valence electrons. The van der Waals surface area contributed by atoms with Crippen LogP contribution >= 0.6 is 0 Å². The molecule has 3 atom stereocenters. The van der Waals surface area contributed by atoms with E-state index in [0.29, 0.717) is 66.6 Å². The Morgan fingerprint density at radius 2 is 1.61 bits per heavy atom. The van der Waals surface area contributed by atoms with Crippen LogP contribution in [-0.4, -0.2) is 159 Å². The van der Waals surface area contributed by atoms with Crippen molar-refractivity contribution in [3.05, 3.63) is 113 Å². The van der Waals surface area contributed by atoms with Crippen LogP contribution in [0.25, 0.3) is 17.0 Å². The number of amides is 2. The maximum atomic E-state index is 13.7. The third kappa shape index (κ3) is 15.3. The van der Waals surface area contributed by atoms with Crippen LogP contribution in [-0.2, 0) is 28.0 Å². The number of hydrogen-bond donors (Lipinski definition) is 6. The average Bonchev–Trinajstić information content (AvgIpc) is 4.46. The van der Waals surface area contributed by atoms with E-state index in [2.05, 4.69) is 64.5 Å². The van der Waals surface area contributed by atoms with Gasteiger partial charge in [0.05, 0.1) is 23.9 Å². The number of benzene rings is 2. The summed E-state index contributed by atoms with van der Waals surface area (Å²) < 4.78 is 8.40. The van der Waals surface area contributed by atoms with Gasteiger partial charge in [0.15, 0.2) is 0 Å². The maximum Gasteiger partial charge on any atom is 0.243 e. The third-order valence-electron chi connectivity index (χ3n) is 18.7. The molecule has 0 radical (unpaired) electrons. The molecule has 3 unspecified atom stereocenters. The predicted molar refractivity (Wildman–Crippen MR) is 325 cm³/mol. The number of carbonyl (C=O) groups excluding carboxylic acids is 2. The van der Waals surface area contributed by atoms with Crippen molar-refractivity contribution in [1.82, 2.24) is 49.9 Å². The van der Waals surface area contributed by atoms with Crippen LogP contribution < -0.4 is 32.6 Å². The molecule has 83 heavy (non-hydrogen) atoms. The smallest absolute Gasteiger partial charge is 0.243 e. The van der Waals surface area contributed by atoms with Crippen molar-refractivity contribution in [3.8, 4) is 22.9 Å². The van der Waals surface area contributed by atoms with Gasteiger partial charge in [-0.3, -0.25) is 14.3 Å². The molecule has 4 aromatic rings. The maximum absolute atomic E-state index is 13.7. The van der Waals surface area contributed by atoms with Gasteiger partial charge in [0.1, 0.15) is 35.7 Å². The number of hydrogen-bond acceptors (Lipinski definition) is 16. The lowest BCUT2D eigenvalue weighted by Crippen LogP contribution is -2.52. The summed E-state index contributed by atoms with van der Waals surface area (Å²) in [5.74, 6) is 3.15. The van der Waals surface area contributed by atoms with Gasteiger partial charge in [0.25, 0.3) is 0 Å².